The van der Waals surface area contributed by atoms with E-state index in [1.54, 1.807) is 10.6 Å². The van der Waals surface area contributed by atoms with E-state index in [0.717, 1.165) is 31.6 Å². The largest absolute Gasteiger partial charge is 0.380 e. The lowest BCUT2D eigenvalue weighted by Crippen LogP contribution is -2.18. The minimum absolute atomic E-state index is 0.0599. The highest BCUT2D eigenvalue weighted by molar-refractivity contribution is 5.41. The van der Waals surface area contributed by atoms with Crippen LogP contribution in [-0.4, -0.2) is 4.57 Å². The molecule has 0 saturated carbocycles. The van der Waals surface area contributed by atoms with Crippen LogP contribution >= 0.6 is 0 Å². The molecule has 0 radical (unpaired) electrons. The SMILES string of the molecule is CCCn1cc(NCc2ccc(CC)cc2)ccc1=O. The van der Waals surface area contributed by atoms with Crippen molar-refractivity contribution in [2.75, 3.05) is 5.32 Å². The van der Waals surface area contributed by atoms with Gasteiger partial charge in [0.05, 0.1) is 5.69 Å². The second-order valence-electron chi connectivity index (χ2n) is 4.97. The number of aryl methyl sites for hydroxylation is 2. The molecule has 1 aromatic carbocycles. The van der Waals surface area contributed by atoms with Crippen molar-refractivity contribution in [2.24, 2.45) is 0 Å². The summed E-state index contributed by atoms with van der Waals surface area (Å²) in [5.41, 5.74) is 3.64. The minimum Gasteiger partial charge on any atom is -0.380 e. The fraction of sp³-hybridized carbons (Fsp3) is 0.353. The molecule has 0 unspecified atom stereocenters. The number of rotatable bonds is 6. The van der Waals surface area contributed by atoms with Gasteiger partial charge in [-0.1, -0.05) is 38.1 Å². The molecule has 2 aromatic rings. The molecule has 0 fully saturated rings. The second-order valence-corrected chi connectivity index (χ2v) is 4.97. The summed E-state index contributed by atoms with van der Waals surface area (Å²) in [6.45, 7) is 5.76. The number of benzene rings is 1. The Morgan fingerprint density at radius 2 is 1.70 bits per heavy atom. The maximum Gasteiger partial charge on any atom is 0.250 e. The Morgan fingerprint density at radius 1 is 1.00 bits per heavy atom. The van der Waals surface area contributed by atoms with Crippen LogP contribution in [0.25, 0.3) is 0 Å². The fourth-order valence-corrected chi connectivity index (χ4v) is 2.15. The van der Waals surface area contributed by atoms with Gasteiger partial charge in [0.1, 0.15) is 0 Å². The number of nitrogens with one attached hydrogen (secondary N) is 1. The van der Waals surface area contributed by atoms with Crippen LogP contribution in [0, 0.1) is 0 Å². The van der Waals surface area contributed by atoms with Crippen LogP contribution in [0.4, 0.5) is 5.69 Å². The maximum atomic E-state index is 11.6. The number of nitrogens with zero attached hydrogens (tertiary/aromatic N) is 1. The third-order valence-corrected chi connectivity index (χ3v) is 3.38. The smallest absolute Gasteiger partial charge is 0.250 e. The quantitative estimate of drug-likeness (QED) is 0.872. The van der Waals surface area contributed by atoms with Gasteiger partial charge < -0.3 is 9.88 Å². The van der Waals surface area contributed by atoms with E-state index in [0.29, 0.717) is 0 Å². The van der Waals surface area contributed by atoms with Gasteiger partial charge in [-0.15, -0.1) is 0 Å². The zero-order valence-corrected chi connectivity index (χ0v) is 12.2. The summed E-state index contributed by atoms with van der Waals surface area (Å²) in [7, 11) is 0. The summed E-state index contributed by atoms with van der Waals surface area (Å²) in [5.74, 6) is 0. The fourth-order valence-electron chi connectivity index (χ4n) is 2.15. The van der Waals surface area contributed by atoms with Gasteiger partial charge >= 0.3 is 0 Å². The summed E-state index contributed by atoms with van der Waals surface area (Å²) in [4.78, 5) is 11.6. The van der Waals surface area contributed by atoms with Crippen molar-refractivity contribution < 1.29 is 0 Å². The minimum atomic E-state index is 0.0599. The number of hydrogen-bond donors (Lipinski definition) is 1. The molecule has 3 nitrogen and oxygen atoms in total. The van der Waals surface area contributed by atoms with Crippen LogP contribution in [0.3, 0.4) is 0 Å². The lowest BCUT2D eigenvalue weighted by molar-refractivity contribution is 0.655. The molecule has 2 rings (SSSR count). The van der Waals surface area contributed by atoms with E-state index in [9.17, 15) is 4.79 Å². The third-order valence-electron chi connectivity index (χ3n) is 3.38. The molecule has 20 heavy (non-hydrogen) atoms. The zero-order chi connectivity index (χ0) is 14.4. The first-order valence-electron chi connectivity index (χ1n) is 7.25. The van der Waals surface area contributed by atoms with Gasteiger partial charge in [0.25, 0.3) is 5.56 Å². The number of anilines is 1. The zero-order valence-electron chi connectivity index (χ0n) is 12.2. The van der Waals surface area contributed by atoms with Crippen molar-refractivity contribution >= 4 is 5.69 Å². The van der Waals surface area contributed by atoms with Gasteiger partial charge in [0.2, 0.25) is 0 Å². The van der Waals surface area contributed by atoms with E-state index in [1.165, 1.54) is 11.1 Å². The molecule has 0 saturated heterocycles. The molecule has 0 amide bonds. The van der Waals surface area contributed by atoms with Gasteiger partial charge in [0.15, 0.2) is 0 Å². The predicted molar refractivity (Wildman–Crippen MR) is 84.1 cm³/mol. The molecule has 0 spiro atoms. The molecular weight excluding hydrogens is 248 g/mol. The lowest BCUT2D eigenvalue weighted by atomic mass is 10.1. The van der Waals surface area contributed by atoms with Crippen LogP contribution < -0.4 is 10.9 Å². The van der Waals surface area contributed by atoms with Crippen molar-refractivity contribution in [1.29, 1.82) is 0 Å². The van der Waals surface area contributed by atoms with Crippen molar-refractivity contribution in [2.45, 2.75) is 39.8 Å². The van der Waals surface area contributed by atoms with Crippen molar-refractivity contribution in [3.8, 4) is 0 Å². The van der Waals surface area contributed by atoms with Crippen LogP contribution in [0.15, 0.2) is 47.4 Å². The summed E-state index contributed by atoms with van der Waals surface area (Å²) >= 11 is 0. The summed E-state index contributed by atoms with van der Waals surface area (Å²) in [6.07, 6.45) is 3.92. The number of hydrogen-bond acceptors (Lipinski definition) is 2. The molecule has 1 aromatic heterocycles. The maximum absolute atomic E-state index is 11.6. The molecule has 0 aliphatic rings. The molecule has 0 aliphatic carbocycles. The highest BCUT2D eigenvalue weighted by Crippen LogP contribution is 2.09. The number of aromatic nitrogens is 1. The standard InChI is InChI=1S/C17H22N2O/c1-3-11-19-13-16(9-10-17(19)20)18-12-15-7-5-14(4-2)6-8-15/h5-10,13,18H,3-4,11-12H2,1-2H3. The van der Waals surface area contributed by atoms with Gasteiger partial charge in [-0.25, -0.2) is 0 Å². The second kappa shape index (κ2) is 6.94. The highest BCUT2D eigenvalue weighted by atomic mass is 16.1. The van der Waals surface area contributed by atoms with E-state index >= 15 is 0 Å². The summed E-state index contributed by atoms with van der Waals surface area (Å²) in [5, 5.41) is 3.36. The monoisotopic (exact) mass is 270 g/mol. The number of pyridine rings is 1. The molecule has 0 bridgehead atoms. The van der Waals surface area contributed by atoms with Gasteiger partial charge in [-0.2, -0.15) is 0 Å². The third kappa shape index (κ3) is 3.73. The average molecular weight is 270 g/mol. The van der Waals surface area contributed by atoms with Crippen molar-refractivity contribution in [3.63, 3.8) is 0 Å². The van der Waals surface area contributed by atoms with Crippen molar-refractivity contribution in [1.82, 2.24) is 4.57 Å². The Bertz CT molecular complexity index is 599. The molecule has 1 heterocycles. The van der Waals surface area contributed by atoms with E-state index in [4.69, 9.17) is 0 Å². The first kappa shape index (κ1) is 14.4. The Balaban J connectivity index is 2.02. The topological polar surface area (TPSA) is 34.0 Å². The van der Waals surface area contributed by atoms with Crippen LogP contribution in [0.5, 0.6) is 0 Å². The molecular formula is C17H22N2O. The van der Waals surface area contributed by atoms with E-state index in [1.807, 2.05) is 12.3 Å². The first-order chi connectivity index (χ1) is 9.72. The normalized spacial score (nSPS) is 10.5. The van der Waals surface area contributed by atoms with Gasteiger partial charge in [0, 0.05) is 25.4 Å². The Labute approximate surface area is 120 Å². The molecule has 0 atom stereocenters. The predicted octanol–water partition coefficient (Wildman–Crippen LogP) is 3.43. The van der Waals surface area contributed by atoms with E-state index in [-0.39, 0.29) is 5.56 Å². The van der Waals surface area contributed by atoms with E-state index < -0.39 is 0 Å². The van der Waals surface area contributed by atoms with Gasteiger partial charge in [-0.3, -0.25) is 4.79 Å². The Kier molecular flexibility index (Phi) is 4.99. The average Bonchev–Trinajstić information content (AvgIpc) is 2.49. The van der Waals surface area contributed by atoms with E-state index in [2.05, 4.69) is 43.4 Å². The van der Waals surface area contributed by atoms with Crippen LogP contribution in [-0.2, 0) is 19.5 Å². The highest BCUT2D eigenvalue weighted by Gasteiger charge is 1.99. The summed E-state index contributed by atoms with van der Waals surface area (Å²) < 4.78 is 1.75. The lowest BCUT2D eigenvalue weighted by Gasteiger charge is -2.10. The molecule has 0 aliphatic heterocycles. The van der Waals surface area contributed by atoms with Crippen molar-refractivity contribution in [3.05, 3.63) is 64.1 Å². The van der Waals surface area contributed by atoms with Crippen LogP contribution in [0.1, 0.15) is 31.4 Å². The first-order valence-corrected chi connectivity index (χ1v) is 7.25. The Hall–Kier alpha value is -2.03. The molecule has 106 valence electrons. The Morgan fingerprint density at radius 3 is 2.35 bits per heavy atom. The molecule has 1 N–H and O–H groups in total. The molecule has 3 heteroatoms. The van der Waals surface area contributed by atoms with Crippen LogP contribution in [0.2, 0.25) is 0 Å². The summed E-state index contributed by atoms with van der Waals surface area (Å²) in [6, 6.07) is 12.1. The van der Waals surface area contributed by atoms with Gasteiger partial charge in [-0.05, 0) is 30.0 Å².